The van der Waals surface area contributed by atoms with Crippen molar-refractivity contribution in [2.45, 2.75) is 140 Å². The molecule has 11 rings (SSSR count). The Morgan fingerprint density at radius 3 is 0.825 bits per heavy atom. The number of benzene rings is 8. The molecule has 3 fully saturated rings. The SMILES string of the molecule is CCN(CC)CCCOc1ccc(C)cc1.COCCN(C)CCCOc1ccc(C)cc1.COCCN(CCCOc1ccc(C)cc1)CCOC.Cc1ccc(OCCCN(C)C)cc1.Cc1ccc(OCCCN2CCN(C)CC2)cc1.Cc1ccc(OCCCN2CCN(CCO)CC2)cc1.Cc1ccc(OCCCN2CCSCC2)cc1.Cc1ccc(OCCCNC(C)C)cc1. The van der Waals surface area contributed by atoms with Gasteiger partial charge in [-0.1, -0.05) is 169 Å². The molecule has 0 unspecified atom stereocenters. The molecule has 0 aromatic heterocycles. The lowest BCUT2D eigenvalue weighted by molar-refractivity contribution is 0.108. The van der Waals surface area contributed by atoms with Crippen LogP contribution >= 0.6 is 11.8 Å². The maximum Gasteiger partial charge on any atom is 0.119 e. The number of hydrogen-bond donors (Lipinski definition) is 2. The van der Waals surface area contributed by atoms with E-state index in [0.29, 0.717) is 6.04 Å². The van der Waals surface area contributed by atoms with Crippen molar-refractivity contribution in [1.29, 1.82) is 0 Å². The zero-order valence-corrected chi connectivity index (χ0v) is 89.3. The molecule has 8 aromatic rings. The first-order chi connectivity index (χ1) is 66.5. The van der Waals surface area contributed by atoms with Gasteiger partial charge in [-0.3, -0.25) is 9.80 Å². The summed E-state index contributed by atoms with van der Waals surface area (Å²) >= 11 is 2.06. The second-order valence-electron chi connectivity index (χ2n) is 36.2. The predicted octanol–water partition coefficient (Wildman–Crippen LogP) is 19.1. The molecular weight excluding hydrogens is 1730 g/mol. The Hall–Kier alpha value is -8.05. The maximum atomic E-state index is 8.91. The van der Waals surface area contributed by atoms with Crippen LogP contribution in [0.3, 0.4) is 0 Å². The molecule has 137 heavy (non-hydrogen) atoms. The molecule has 0 spiro atoms. The molecule has 3 heterocycles. The topological polar surface area (TPSA) is 163 Å². The Bertz CT molecular complexity index is 4040. The predicted molar refractivity (Wildman–Crippen MR) is 577 cm³/mol. The van der Waals surface area contributed by atoms with Gasteiger partial charge in [0.05, 0.1) is 79.3 Å². The fourth-order valence-electron chi connectivity index (χ4n) is 14.2. The summed E-state index contributed by atoms with van der Waals surface area (Å²) in [5.74, 6) is 10.3. The summed E-state index contributed by atoms with van der Waals surface area (Å²) in [6, 6.07) is 66.3. The number of nitrogens with one attached hydrogen (secondary N) is 1. The number of aliphatic hydroxyl groups is 1. The monoisotopic (exact) mass is 1920 g/mol. The van der Waals surface area contributed by atoms with Crippen LogP contribution in [0, 0.1) is 55.4 Å². The van der Waals surface area contributed by atoms with Crippen molar-refractivity contribution in [2.24, 2.45) is 0 Å². The summed E-state index contributed by atoms with van der Waals surface area (Å²) in [6.07, 6.45) is 8.54. The van der Waals surface area contributed by atoms with Crippen LogP contribution in [0.25, 0.3) is 0 Å². The van der Waals surface area contributed by atoms with Gasteiger partial charge in [0.2, 0.25) is 0 Å². The second-order valence-corrected chi connectivity index (χ2v) is 37.4. The average Bonchev–Trinajstić information content (AvgIpc) is 0.946. The Labute approximate surface area is 835 Å². The molecule has 0 saturated carbocycles. The van der Waals surface area contributed by atoms with Crippen molar-refractivity contribution in [3.8, 4) is 46.0 Å². The van der Waals surface area contributed by atoms with Crippen LogP contribution in [-0.2, 0) is 14.2 Å². The first kappa shape index (κ1) is 121. The molecule has 3 aliphatic rings. The Kier molecular flexibility index (Phi) is 70.5. The second kappa shape index (κ2) is 79.6. The first-order valence-corrected chi connectivity index (χ1v) is 51.9. The van der Waals surface area contributed by atoms with Gasteiger partial charge in [0.15, 0.2) is 0 Å². The molecule has 8 aromatic carbocycles. The highest BCUT2D eigenvalue weighted by Crippen LogP contribution is 2.20. The summed E-state index contributed by atoms with van der Waals surface area (Å²) in [7, 11) is 13.6. The number of β-amino-alcohol motifs (C(OH)–C–C–N with tert-alkyl or cyclic N) is 1. The number of rotatable bonds is 54. The maximum absolute atomic E-state index is 8.91. The third-order valence-corrected chi connectivity index (χ3v) is 24.0. The van der Waals surface area contributed by atoms with Gasteiger partial charge >= 0.3 is 0 Å². The zero-order valence-electron chi connectivity index (χ0n) is 88.5. The molecule has 0 atom stereocenters. The van der Waals surface area contributed by atoms with Crippen LogP contribution in [0.1, 0.15) is 124 Å². The van der Waals surface area contributed by atoms with E-state index in [1.54, 1.807) is 21.3 Å². The third-order valence-electron chi connectivity index (χ3n) is 23.1. The van der Waals surface area contributed by atoms with Gasteiger partial charge in [-0.2, -0.15) is 11.8 Å². The van der Waals surface area contributed by atoms with Gasteiger partial charge in [0.1, 0.15) is 46.0 Å². The zero-order chi connectivity index (χ0) is 99.4. The molecule has 3 saturated heterocycles. The minimum atomic E-state index is 0.268. The molecule has 2 N–H and O–H groups in total. The Balaban J connectivity index is 0.000000328. The number of piperazine rings is 2. The largest absolute Gasteiger partial charge is 0.494 e. The normalized spacial score (nSPS) is 13.4. The summed E-state index contributed by atoms with van der Waals surface area (Å²) in [6.45, 7) is 60.4. The molecule has 0 bridgehead atoms. The van der Waals surface area contributed by atoms with Gasteiger partial charge < -0.3 is 96.8 Å². The van der Waals surface area contributed by atoms with Crippen molar-refractivity contribution in [3.05, 3.63) is 239 Å². The van der Waals surface area contributed by atoms with Gasteiger partial charge in [-0.05, 0) is 252 Å². The summed E-state index contributed by atoms with van der Waals surface area (Å²) in [5, 5.41) is 12.3. The number of likely N-dealkylation sites (N-methyl/N-ethyl adjacent to an activating group) is 2. The number of hydrogen-bond acceptors (Lipinski definition) is 23. The van der Waals surface area contributed by atoms with Crippen molar-refractivity contribution in [3.63, 3.8) is 0 Å². The fourth-order valence-corrected chi connectivity index (χ4v) is 15.1. The van der Waals surface area contributed by atoms with Gasteiger partial charge in [-0.25, -0.2) is 0 Å². The van der Waals surface area contributed by atoms with E-state index < -0.39 is 0 Å². The molecule has 3 aliphatic heterocycles. The van der Waals surface area contributed by atoms with Gasteiger partial charge in [0, 0.05) is 176 Å². The molecule has 768 valence electrons. The van der Waals surface area contributed by atoms with Gasteiger partial charge in [-0.15, -0.1) is 0 Å². The molecule has 22 nitrogen and oxygen atoms in total. The molecule has 0 amide bonds. The highest BCUT2D eigenvalue weighted by molar-refractivity contribution is 7.99. The van der Waals surface area contributed by atoms with Crippen LogP contribution in [0.15, 0.2) is 194 Å². The van der Waals surface area contributed by atoms with E-state index in [9.17, 15) is 0 Å². The molecular formula is C114H184N10O12S. The van der Waals surface area contributed by atoms with Crippen molar-refractivity contribution in [2.75, 3.05) is 297 Å². The number of methoxy groups -OCH3 is 3. The van der Waals surface area contributed by atoms with Crippen LogP contribution in [0.4, 0.5) is 0 Å². The number of aliphatic hydroxyl groups excluding tert-OH is 1. The van der Waals surface area contributed by atoms with Crippen molar-refractivity contribution >= 4 is 11.8 Å². The van der Waals surface area contributed by atoms with Crippen LogP contribution in [-0.4, -0.2) is 353 Å². The number of aryl methyl sites for hydroxylation is 8. The van der Waals surface area contributed by atoms with E-state index >= 15 is 0 Å². The highest BCUT2D eigenvalue weighted by atomic mass is 32.2. The number of nitrogens with zero attached hydrogens (tertiary/aromatic N) is 9. The van der Waals surface area contributed by atoms with E-state index in [2.05, 4.69) is 270 Å². The standard InChI is InChI=1S/C16H26N2O2.C16H27NO3.C15H24N2O.C14H23NO2.C14H21NOS.C14H23NO.C13H21NO.C12H19NO/c1-15-3-5-16(6-4-15)20-14-2-7-17-8-10-18(11-9-17)12-13-19;1-15-5-7-16(8-6-15)20-12-4-9-17(10-13-18-2)11-14-19-3;1-14-4-6-15(7-5-14)18-13-3-8-17-11-9-16(2)10-12-17;1-13-5-7-14(8-6-13)17-11-4-9-15(2)10-12-16-3;1-13-3-5-14(6-4-13)16-10-2-7-15-8-11-17-12-9-15;1-4-15(5-2)11-6-12-16-14-9-7-13(3)8-10-14;1-11(2)14-9-4-10-15-13-7-5-12(3)6-8-13;1-11-5-7-12(8-6-11)14-10-4-9-13(2)3/h3-6,19H,2,7-14H2,1H3;5-8H,4,9-14H2,1-3H3;4-7H,3,8-13H2,1-2H3;5-8H,4,9-12H2,1-3H3;3-6H,2,7-12H2,1H3;7-10H,4-6,11-12H2,1-3H3;5-8,11,14H,4,9-10H2,1-3H3;5-8H,4,9-10H2,1-3H3. The number of thioether (sulfide) groups is 1. The summed E-state index contributed by atoms with van der Waals surface area (Å²) in [5.41, 5.74) is 10.1. The molecule has 0 radical (unpaired) electrons. The molecule has 23 heteroatoms. The minimum absolute atomic E-state index is 0.268. The van der Waals surface area contributed by atoms with Crippen LogP contribution in [0.2, 0.25) is 0 Å². The van der Waals surface area contributed by atoms with Crippen molar-refractivity contribution in [1.82, 2.24) is 49.4 Å². The highest BCUT2D eigenvalue weighted by Gasteiger charge is 2.17. The summed E-state index contributed by atoms with van der Waals surface area (Å²) in [4.78, 5) is 21.4. The quantitative estimate of drug-likeness (QED) is 0.0346. The number of ether oxygens (including phenoxy) is 11. The van der Waals surface area contributed by atoms with E-state index in [1.807, 2.05) is 97.1 Å². The Morgan fingerprint density at radius 2 is 0.547 bits per heavy atom. The van der Waals surface area contributed by atoms with E-state index in [0.717, 1.165) is 281 Å². The van der Waals surface area contributed by atoms with Crippen LogP contribution < -0.4 is 43.2 Å². The Morgan fingerprint density at radius 1 is 0.299 bits per heavy atom. The van der Waals surface area contributed by atoms with Gasteiger partial charge in [0.25, 0.3) is 0 Å². The fraction of sp³-hybridized carbons (Fsp3) is 0.579. The summed E-state index contributed by atoms with van der Waals surface area (Å²) < 4.78 is 60.7. The minimum Gasteiger partial charge on any atom is -0.494 e. The van der Waals surface area contributed by atoms with E-state index in [1.165, 1.54) is 102 Å². The molecule has 0 aliphatic carbocycles. The lowest BCUT2D eigenvalue weighted by Crippen LogP contribution is -2.47. The first-order valence-electron chi connectivity index (χ1n) is 50.8. The van der Waals surface area contributed by atoms with E-state index in [4.69, 9.17) is 57.2 Å². The smallest absolute Gasteiger partial charge is 0.119 e. The van der Waals surface area contributed by atoms with Crippen LogP contribution in [0.5, 0.6) is 46.0 Å². The third kappa shape index (κ3) is 65.6. The lowest BCUT2D eigenvalue weighted by atomic mass is 10.2. The van der Waals surface area contributed by atoms with E-state index in [-0.39, 0.29) is 6.61 Å². The van der Waals surface area contributed by atoms with Crippen molar-refractivity contribution < 1.29 is 57.2 Å². The lowest BCUT2D eigenvalue weighted by Gasteiger charge is -2.34. The average molecular weight is 1920 g/mol.